The molecule has 0 spiro atoms. The number of hydrogen-bond donors (Lipinski definition) is 0. The highest BCUT2D eigenvalue weighted by Gasteiger charge is 2.17. The van der Waals surface area contributed by atoms with Gasteiger partial charge in [-0.15, -0.1) is 0 Å². The van der Waals surface area contributed by atoms with Crippen LogP contribution in [-0.2, 0) is 23.8 Å². The van der Waals surface area contributed by atoms with E-state index in [4.69, 9.17) is 14.2 Å². The average Bonchev–Trinajstić information content (AvgIpc) is 3.17. The summed E-state index contributed by atoms with van der Waals surface area (Å²) in [6.45, 7) is 7.46. The maximum Gasteiger partial charge on any atom is 0.306 e. The SMILES string of the molecule is CC/C=C\C/C=C\C/C=C\C/C=C\C/C=C\CCCC(=O)OCC(COCCCCCCCC)OC(=O)CCCCCCC/C=C\C/C=C\C/C=C\CC. The Morgan fingerprint density at radius 1 is 0.426 bits per heavy atom. The molecule has 1 unspecified atom stereocenters. The summed E-state index contributed by atoms with van der Waals surface area (Å²) in [5.74, 6) is -0.496. The van der Waals surface area contributed by atoms with E-state index in [1.54, 1.807) is 0 Å². The van der Waals surface area contributed by atoms with E-state index < -0.39 is 6.10 Å². The van der Waals surface area contributed by atoms with Gasteiger partial charge in [-0.1, -0.05) is 169 Å². The zero-order valence-electron chi connectivity index (χ0n) is 34.9. The topological polar surface area (TPSA) is 61.8 Å². The molecule has 0 saturated carbocycles. The van der Waals surface area contributed by atoms with Crippen LogP contribution in [0, 0.1) is 0 Å². The van der Waals surface area contributed by atoms with Crippen LogP contribution in [0.4, 0.5) is 0 Å². The van der Waals surface area contributed by atoms with Gasteiger partial charge in [-0.2, -0.15) is 0 Å². The van der Waals surface area contributed by atoms with Crippen LogP contribution in [0.25, 0.3) is 0 Å². The maximum atomic E-state index is 12.7. The van der Waals surface area contributed by atoms with Gasteiger partial charge in [-0.25, -0.2) is 0 Å². The molecule has 0 fully saturated rings. The van der Waals surface area contributed by atoms with Gasteiger partial charge < -0.3 is 14.2 Å². The highest BCUT2D eigenvalue weighted by atomic mass is 16.6. The van der Waals surface area contributed by atoms with Crippen molar-refractivity contribution in [3.05, 3.63) is 97.2 Å². The summed E-state index contributed by atoms with van der Waals surface area (Å²) in [5, 5.41) is 0. The zero-order chi connectivity index (χ0) is 39.3. The lowest BCUT2D eigenvalue weighted by molar-refractivity contribution is -0.163. The summed E-state index contributed by atoms with van der Waals surface area (Å²) < 4.78 is 17.1. The summed E-state index contributed by atoms with van der Waals surface area (Å²) in [6, 6.07) is 0. The molecule has 0 heterocycles. The number of esters is 2. The third-order valence-electron chi connectivity index (χ3n) is 8.62. The predicted molar refractivity (Wildman–Crippen MR) is 233 cm³/mol. The molecule has 0 amide bonds. The molecule has 0 aliphatic rings. The van der Waals surface area contributed by atoms with Gasteiger partial charge in [0.15, 0.2) is 6.10 Å². The van der Waals surface area contributed by atoms with Gasteiger partial charge in [0.25, 0.3) is 0 Å². The molecule has 0 saturated heterocycles. The number of rotatable bonds is 38. The molecule has 306 valence electrons. The Bertz CT molecular complexity index is 1070. The van der Waals surface area contributed by atoms with E-state index in [0.29, 0.717) is 19.4 Å². The molecule has 0 aromatic heterocycles. The molecule has 0 radical (unpaired) electrons. The van der Waals surface area contributed by atoms with Crippen molar-refractivity contribution < 1.29 is 23.8 Å². The van der Waals surface area contributed by atoms with E-state index in [1.807, 2.05) is 0 Å². The lowest BCUT2D eigenvalue weighted by Gasteiger charge is -2.18. The Labute approximate surface area is 332 Å². The number of hydrogen-bond acceptors (Lipinski definition) is 5. The van der Waals surface area contributed by atoms with Crippen molar-refractivity contribution >= 4 is 11.9 Å². The average molecular weight is 749 g/mol. The van der Waals surface area contributed by atoms with Crippen molar-refractivity contribution in [2.75, 3.05) is 19.8 Å². The van der Waals surface area contributed by atoms with Crippen LogP contribution in [0.3, 0.4) is 0 Å². The summed E-state index contributed by atoms with van der Waals surface area (Å²) in [7, 11) is 0. The second kappa shape index (κ2) is 44.2. The Kier molecular flexibility index (Phi) is 41.6. The zero-order valence-corrected chi connectivity index (χ0v) is 34.9. The van der Waals surface area contributed by atoms with E-state index >= 15 is 0 Å². The molecule has 5 nitrogen and oxygen atoms in total. The molecule has 0 aliphatic carbocycles. The van der Waals surface area contributed by atoms with Crippen molar-refractivity contribution in [2.45, 2.75) is 181 Å². The Balaban J connectivity index is 4.28. The number of allylic oxidation sites excluding steroid dienone is 16. The van der Waals surface area contributed by atoms with E-state index in [0.717, 1.165) is 103 Å². The molecule has 1 atom stereocenters. The summed E-state index contributed by atoms with van der Waals surface area (Å²) >= 11 is 0. The second-order valence-corrected chi connectivity index (χ2v) is 13.8. The molecule has 0 N–H and O–H groups in total. The Hall–Kier alpha value is -3.18. The third kappa shape index (κ3) is 41.6. The fraction of sp³-hybridized carbons (Fsp3) is 0.633. The highest BCUT2D eigenvalue weighted by molar-refractivity contribution is 5.70. The van der Waals surface area contributed by atoms with E-state index in [9.17, 15) is 9.59 Å². The fourth-order valence-electron chi connectivity index (χ4n) is 5.44. The van der Waals surface area contributed by atoms with Crippen molar-refractivity contribution in [3.63, 3.8) is 0 Å². The predicted octanol–water partition coefficient (Wildman–Crippen LogP) is 14.3. The van der Waals surface area contributed by atoms with Crippen LogP contribution in [0.2, 0.25) is 0 Å². The smallest absolute Gasteiger partial charge is 0.306 e. The lowest BCUT2D eigenvalue weighted by atomic mass is 10.1. The van der Waals surface area contributed by atoms with Gasteiger partial charge in [-0.05, 0) is 89.9 Å². The van der Waals surface area contributed by atoms with E-state index in [1.165, 1.54) is 38.5 Å². The molecule has 0 rings (SSSR count). The van der Waals surface area contributed by atoms with Crippen molar-refractivity contribution in [3.8, 4) is 0 Å². The monoisotopic (exact) mass is 749 g/mol. The van der Waals surface area contributed by atoms with Crippen LogP contribution in [0.5, 0.6) is 0 Å². The van der Waals surface area contributed by atoms with Crippen molar-refractivity contribution in [1.82, 2.24) is 0 Å². The largest absolute Gasteiger partial charge is 0.462 e. The number of unbranched alkanes of at least 4 members (excludes halogenated alkanes) is 11. The summed E-state index contributed by atoms with van der Waals surface area (Å²) in [6.07, 6.45) is 58.5. The van der Waals surface area contributed by atoms with E-state index in [-0.39, 0.29) is 25.2 Å². The minimum Gasteiger partial charge on any atom is -0.462 e. The quantitative estimate of drug-likeness (QED) is 0.0357. The van der Waals surface area contributed by atoms with Crippen LogP contribution in [-0.4, -0.2) is 37.9 Å². The van der Waals surface area contributed by atoms with E-state index in [2.05, 4.69) is 118 Å². The molecular formula is C49H80O5. The van der Waals surface area contributed by atoms with Crippen LogP contribution >= 0.6 is 0 Å². The van der Waals surface area contributed by atoms with Gasteiger partial charge in [0.2, 0.25) is 0 Å². The first-order valence-corrected chi connectivity index (χ1v) is 21.8. The number of ether oxygens (including phenoxy) is 3. The van der Waals surface area contributed by atoms with Crippen LogP contribution < -0.4 is 0 Å². The Morgan fingerprint density at radius 3 is 1.39 bits per heavy atom. The van der Waals surface area contributed by atoms with Crippen LogP contribution in [0.1, 0.15) is 175 Å². The molecule has 0 aromatic carbocycles. The normalized spacial score (nSPS) is 13.2. The first kappa shape index (κ1) is 50.8. The molecule has 0 bridgehead atoms. The maximum absolute atomic E-state index is 12.7. The standard InChI is InChI=1S/C49H80O5/c1-4-7-10-13-16-18-20-22-24-25-27-28-30-32-34-36-39-42-48(50)53-46-47(45-52-44-41-38-15-12-9-6-3)54-49(51)43-40-37-35-33-31-29-26-23-21-19-17-14-11-8-5-2/h7-8,10-11,16-19,22-24,26-28,32,34,47H,4-6,9,12-15,20-21,25,29-31,33,35-46H2,1-3H3/b10-7-,11-8-,18-16-,19-17-,24-22-,26-23-,28-27-,34-32-. The molecule has 0 aliphatic heterocycles. The minimum atomic E-state index is -0.568. The third-order valence-corrected chi connectivity index (χ3v) is 8.62. The first-order chi connectivity index (χ1) is 26.6. The second-order valence-electron chi connectivity index (χ2n) is 13.8. The summed E-state index contributed by atoms with van der Waals surface area (Å²) in [5.41, 5.74) is 0. The van der Waals surface area contributed by atoms with Gasteiger partial charge in [-0.3, -0.25) is 9.59 Å². The van der Waals surface area contributed by atoms with Crippen LogP contribution in [0.15, 0.2) is 97.2 Å². The fourth-order valence-corrected chi connectivity index (χ4v) is 5.44. The molecule has 0 aromatic rings. The lowest BCUT2D eigenvalue weighted by Crippen LogP contribution is -2.30. The molecule has 5 heteroatoms. The van der Waals surface area contributed by atoms with Crippen molar-refractivity contribution in [1.29, 1.82) is 0 Å². The number of carbonyl (C=O) groups excluding carboxylic acids is 2. The molecule has 54 heavy (non-hydrogen) atoms. The van der Waals surface area contributed by atoms with Gasteiger partial charge in [0, 0.05) is 19.4 Å². The van der Waals surface area contributed by atoms with Gasteiger partial charge in [0.05, 0.1) is 6.61 Å². The number of carbonyl (C=O) groups is 2. The highest BCUT2D eigenvalue weighted by Crippen LogP contribution is 2.11. The Morgan fingerprint density at radius 2 is 0.852 bits per heavy atom. The van der Waals surface area contributed by atoms with Gasteiger partial charge >= 0.3 is 11.9 Å². The summed E-state index contributed by atoms with van der Waals surface area (Å²) in [4.78, 5) is 25.1. The first-order valence-electron chi connectivity index (χ1n) is 21.8. The minimum absolute atomic E-state index is 0.0436. The molecular weight excluding hydrogens is 669 g/mol. The van der Waals surface area contributed by atoms with Gasteiger partial charge in [0.1, 0.15) is 6.61 Å². The van der Waals surface area contributed by atoms with Crippen molar-refractivity contribution in [2.24, 2.45) is 0 Å².